The molecule has 4 heterocycles. The van der Waals surface area contributed by atoms with Gasteiger partial charge in [-0.3, -0.25) is 9.59 Å². The molecular weight excluding hydrogens is 490 g/mol. The number of halogens is 1. The van der Waals surface area contributed by atoms with Crippen molar-refractivity contribution in [3.05, 3.63) is 63.6 Å². The molecule has 10 heteroatoms. The van der Waals surface area contributed by atoms with Crippen molar-refractivity contribution in [2.75, 3.05) is 55.7 Å². The minimum absolute atomic E-state index is 0.00731. The van der Waals surface area contributed by atoms with Gasteiger partial charge in [-0.1, -0.05) is 29.8 Å². The standard InChI is InChI=1S/C24H24ClN5O2S2/c25-20-5-2-6-21(26-20)28-7-9-29(10-8-28)23(32)18-4-1-3-17(15-18)16-19-22(31)27-24(34-19)30-11-13-33-14-12-30/h1-6,15-16H,7-14H2. The molecule has 3 aliphatic rings. The van der Waals surface area contributed by atoms with Crippen LogP contribution in [0.25, 0.3) is 6.08 Å². The number of aliphatic imine (C=N–C) groups is 1. The first kappa shape index (κ1) is 23.3. The summed E-state index contributed by atoms with van der Waals surface area (Å²) in [5, 5.41) is 1.25. The van der Waals surface area contributed by atoms with E-state index in [4.69, 9.17) is 11.6 Å². The predicted octanol–water partition coefficient (Wildman–Crippen LogP) is 3.72. The fourth-order valence-corrected chi connectivity index (χ4v) is 6.12. The van der Waals surface area contributed by atoms with Gasteiger partial charge in [0.2, 0.25) is 0 Å². The van der Waals surface area contributed by atoms with Crippen LogP contribution in [0.2, 0.25) is 5.15 Å². The van der Waals surface area contributed by atoms with Gasteiger partial charge in [0.1, 0.15) is 11.0 Å². The fourth-order valence-electron chi connectivity index (χ4n) is 4.10. The molecule has 0 atom stereocenters. The van der Waals surface area contributed by atoms with Gasteiger partial charge in [0.25, 0.3) is 11.8 Å². The lowest BCUT2D eigenvalue weighted by atomic mass is 10.1. The van der Waals surface area contributed by atoms with E-state index >= 15 is 0 Å². The number of aromatic nitrogens is 1. The number of thioether (sulfide) groups is 2. The van der Waals surface area contributed by atoms with Gasteiger partial charge in [-0.2, -0.15) is 16.8 Å². The second-order valence-electron chi connectivity index (χ2n) is 8.13. The molecule has 0 N–H and O–H groups in total. The highest BCUT2D eigenvalue weighted by molar-refractivity contribution is 8.18. The van der Waals surface area contributed by atoms with E-state index in [0.29, 0.717) is 41.8 Å². The smallest absolute Gasteiger partial charge is 0.286 e. The van der Waals surface area contributed by atoms with E-state index in [1.807, 2.05) is 59.1 Å². The highest BCUT2D eigenvalue weighted by atomic mass is 35.5. The molecule has 0 radical (unpaired) electrons. The van der Waals surface area contributed by atoms with E-state index < -0.39 is 0 Å². The van der Waals surface area contributed by atoms with Gasteiger partial charge in [0.05, 0.1) is 4.91 Å². The number of carbonyl (C=O) groups is 2. The SMILES string of the molecule is O=C1N=C(N2CCSCC2)SC1=Cc1cccc(C(=O)N2CCN(c3cccc(Cl)n3)CC2)c1. The largest absolute Gasteiger partial charge is 0.353 e. The number of hydrogen-bond acceptors (Lipinski definition) is 7. The second-order valence-corrected chi connectivity index (χ2v) is 10.8. The topological polar surface area (TPSA) is 69.1 Å². The first-order chi connectivity index (χ1) is 16.6. The Hall–Kier alpha value is -2.49. The van der Waals surface area contributed by atoms with Crippen molar-refractivity contribution in [2.45, 2.75) is 0 Å². The zero-order chi connectivity index (χ0) is 23.5. The average molecular weight is 514 g/mol. The number of nitrogens with zero attached hydrogens (tertiary/aromatic N) is 5. The molecule has 2 amide bonds. The highest BCUT2D eigenvalue weighted by Gasteiger charge is 2.27. The van der Waals surface area contributed by atoms with Crippen LogP contribution in [0.3, 0.4) is 0 Å². The lowest BCUT2D eigenvalue weighted by Crippen LogP contribution is -2.49. The molecule has 0 bridgehead atoms. The van der Waals surface area contributed by atoms with Crippen molar-refractivity contribution >= 4 is 64.0 Å². The number of benzene rings is 1. The van der Waals surface area contributed by atoms with E-state index in [2.05, 4.69) is 19.8 Å². The summed E-state index contributed by atoms with van der Waals surface area (Å²) >= 11 is 9.36. The van der Waals surface area contributed by atoms with Crippen LogP contribution >= 0.6 is 35.1 Å². The van der Waals surface area contributed by atoms with E-state index in [-0.39, 0.29) is 11.8 Å². The summed E-state index contributed by atoms with van der Waals surface area (Å²) in [6.07, 6.45) is 1.84. The Kier molecular flexibility index (Phi) is 7.12. The van der Waals surface area contributed by atoms with Crippen LogP contribution in [0.1, 0.15) is 15.9 Å². The third-order valence-corrected chi connectivity index (χ3v) is 8.11. The summed E-state index contributed by atoms with van der Waals surface area (Å²) in [5.74, 6) is 2.73. The normalized spacial score (nSPS) is 20.1. The lowest BCUT2D eigenvalue weighted by Gasteiger charge is -2.35. The first-order valence-electron chi connectivity index (χ1n) is 11.2. The molecule has 1 aromatic heterocycles. The number of carbonyl (C=O) groups excluding carboxylic acids is 2. The molecule has 1 aromatic carbocycles. The zero-order valence-corrected chi connectivity index (χ0v) is 20.9. The summed E-state index contributed by atoms with van der Waals surface area (Å²) < 4.78 is 0. The van der Waals surface area contributed by atoms with Gasteiger partial charge in [-0.15, -0.1) is 0 Å². The molecule has 0 saturated carbocycles. The third kappa shape index (κ3) is 5.26. The monoisotopic (exact) mass is 513 g/mol. The summed E-state index contributed by atoms with van der Waals surface area (Å²) in [7, 11) is 0. The number of amidine groups is 1. The van der Waals surface area contributed by atoms with Crippen LogP contribution in [0, 0.1) is 0 Å². The number of anilines is 1. The Bertz CT molecular complexity index is 1160. The summed E-state index contributed by atoms with van der Waals surface area (Å²) in [5.41, 5.74) is 1.45. The Labute approximate surface area is 212 Å². The van der Waals surface area contributed by atoms with Crippen LogP contribution in [0.5, 0.6) is 0 Å². The zero-order valence-electron chi connectivity index (χ0n) is 18.5. The maximum atomic E-state index is 13.2. The minimum Gasteiger partial charge on any atom is -0.353 e. The number of rotatable bonds is 3. The van der Waals surface area contributed by atoms with Crippen LogP contribution < -0.4 is 4.90 Å². The summed E-state index contributed by atoms with van der Waals surface area (Å²) in [6, 6.07) is 13.0. The predicted molar refractivity (Wildman–Crippen MR) is 141 cm³/mol. The summed E-state index contributed by atoms with van der Waals surface area (Å²) in [6.45, 7) is 4.45. The van der Waals surface area contributed by atoms with Crippen LogP contribution in [-0.2, 0) is 4.79 Å². The van der Waals surface area contributed by atoms with Gasteiger partial charge >= 0.3 is 0 Å². The molecule has 2 aromatic rings. The van der Waals surface area contributed by atoms with Gasteiger partial charge in [-0.25, -0.2) is 4.98 Å². The van der Waals surface area contributed by atoms with E-state index in [1.54, 1.807) is 6.07 Å². The van der Waals surface area contributed by atoms with Crippen molar-refractivity contribution in [1.29, 1.82) is 0 Å². The van der Waals surface area contributed by atoms with E-state index in [1.165, 1.54) is 11.8 Å². The van der Waals surface area contributed by atoms with E-state index in [9.17, 15) is 9.59 Å². The Morgan fingerprint density at radius 2 is 1.74 bits per heavy atom. The van der Waals surface area contributed by atoms with Crippen molar-refractivity contribution in [3.63, 3.8) is 0 Å². The lowest BCUT2D eigenvalue weighted by molar-refractivity contribution is -0.113. The van der Waals surface area contributed by atoms with Crippen LogP contribution in [0.4, 0.5) is 5.82 Å². The van der Waals surface area contributed by atoms with Gasteiger partial charge in [0, 0.05) is 56.3 Å². The summed E-state index contributed by atoms with van der Waals surface area (Å²) in [4.78, 5) is 41.0. The maximum Gasteiger partial charge on any atom is 0.286 e. The average Bonchev–Trinajstić information content (AvgIpc) is 3.24. The molecule has 34 heavy (non-hydrogen) atoms. The maximum absolute atomic E-state index is 13.2. The molecule has 5 rings (SSSR count). The van der Waals surface area contributed by atoms with Gasteiger partial charge in [0.15, 0.2) is 5.17 Å². The number of pyridine rings is 1. The number of piperazine rings is 1. The molecule has 2 saturated heterocycles. The molecule has 7 nitrogen and oxygen atoms in total. The Balaban J connectivity index is 1.23. The van der Waals surface area contributed by atoms with Crippen molar-refractivity contribution in [2.24, 2.45) is 4.99 Å². The molecule has 0 spiro atoms. The minimum atomic E-state index is -0.208. The van der Waals surface area contributed by atoms with Crippen molar-refractivity contribution in [1.82, 2.24) is 14.8 Å². The van der Waals surface area contributed by atoms with Crippen molar-refractivity contribution < 1.29 is 9.59 Å². The first-order valence-corrected chi connectivity index (χ1v) is 13.5. The highest BCUT2D eigenvalue weighted by Crippen LogP contribution is 2.31. The Morgan fingerprint density at radius 1 is 0.971 bits per heavy atom. The van der Waals surface area contributed by atoms with Gasteiger partial charge < -0.3 is 14.7 Å². The van der Waals surface area contributed by atoms with E-state index in [0.717, 1.165) is 41.1 Å². The fraction of sp³-hybridized carbons (Fsp3) is 0.333. The van der Waals surface area contributed by atoms with Crippen LogP contribution in [0.15, 0.2) is 52.4 Å². The Morgan fingerprint density at radius 3 is 2.50 bits per heavy atom. The molecule has 3 aliphatic heterocycles. The number of amides is 2. The molecule has 176 valence electrons. The van der Waals surface area contributed by atoms with Crippen molar-refractivity contribution in [3.8, 4) is 0 Å². The molecular formula is C24H24ClN5O2S2. The quantitative estimate of drug-likeness (QED) is 0.457. The van der Waals surface area contributed by atoms with Crippen LogP contribution in [-0.4, -0.2) is 82.5 Å². The second kappa shape index (κ2) is 10.4. The molecule has 0 unspecified atom stereocenters. The molecule has 0 aliphatic carbocycles. The number of hydrogen-bond donors (Lipinski definition) is 0. The molecule has 2 fully saturated rings. The van der Waals surface area contributed by atoms with Gasteiger partial charge in [-0.05, 0) is 47.7 Å². The third-order valence-electron chi connectivity index (χ3n) is 5.91.